The molecule has 0 fully saturated rings. The van der Waals surface area contributed by atoms with Crippen molar-refractivity contribution < 1.29 is 4.79 Å². The lowest BCUT2D eigenvalue weighted by molar-refractivity contribution is -0.122. The molecule has 1 unspecified atom stereocenters. The third-order valence-corrected chi connectivity index (χ3v) is 3.01. The maximum Gasteiger partial charge on any atom is 0.135 e. The SMILES string of the molecule is CCC(=O)C(C)Cc1cnc(C)s1. The number of Topliss-reactive ketones (excluding diaryl/α,β-unsaturated/α-hetero) is 1. The zero-order chi connectivity index (χ0) is 9.84. The first-order valence-electron chi connectivity index (χ1n) is 4.57. The van der Waals surface area contributed by atoms with Crippen molar-refractivity contribution in [2.24, 2.45) is 5.92 Å². The van der Waals surface area contributed by atoms with Crippen LogP contribution in [0.25, 0.3) is 0 Å². The minimum absolute atomic E-state index is 0.143. The van der Waals surface area contributed by atoms with E-state index in [1.165, 1.54) is 4.88 Å². The van der Waals surface area contributed by atoms with Crippen LogP contribution >= 0.6 is 11.3 Å². The van der Waals surface area contributed by atoms with Crippen LogP contribution in [0.2, 0.25) is 0 Å². The molecule has 0 spiro atoms. The zero-order valence-corrected chi connectivity index (χ0v) is 9.15. The fourth-order valence-electron chi connectivity index (χ4n) is 1.26. The quantitative estimate of drug-likeness (QED) is 0.742. The summed E-state index contributed by atoms with van der Waals surface area (Å²) in [6.07, 6.45) is 3.36. The van der Waals surface area contributed by atoms with Crippen LogP contribution < -0.4 is 0 Å². The molecule has 2 nitrogen and oxygen atoms in total. The second-order valence-corrected chi connectivity index (χ2v) is 4.59. The van der Waals surface area contributed by atoms with Gasteiger partial charge in [-0.25, -0.2) is 4.98 Å². The maximum atomic E-state index is 11.3. The highest BCUT2D eigenvalue weighted by atomic mass is 32.1. The number of aryl methyl sites for hydroxylation is 1. The molecule has 1 rings (SSSR count). The van der Waals surface area contributed by atoms with Gasteiger partial charge in [-0.2, -0.15) is 0 Å². The molecule has 0 N–H and O–H groups in total. The van der Waals surface area contributed by atoms with Crippen molar-refractivity contribution in [3.05, 3.63) is 16.1 Å². The summed E-state index contributed by atoms with van der Waals surface area (Å²) >= 11 is 1.68. The Morgan fingerprint density at radius 2 is 2.38 bits per heavy atom. The molecule has 1 aromatic heterocycles. The largest absolute Gasteiger partial charge is 0.299 e. The Morgan fingerprint density at radius 3 is 2.85 bits per heavy atom. The van der Waals surface area contributed by atoms with Crippen LogP contribution in [0, 0.1) is 12.8 Å². The molecule has 0 amide bonds. The lowest BCUT2D eigenvalue weighted by Gasteiger charge is -2.05. The molecule has 0 aliphatic carbocycles. The van der Waals surface area contributed by atoms with Crippen molar-refractivity contribution in [1.82, 2.24) is 4.98 Å². The molecule has 0 aliphatic heterocycles. The van der Waals surface area contributed by atoms with Crippen LogP contribution in [0.3, 0.4) is 0 Å². The van der Waals surface area contributed by atoms with Crippen LogP contribution in [0.5, 0.6) is 0 Å². The van der Waals surface area contributed by atoms with E-state index < -0.39 is 0 Å². The summed E-state index contributed by atoms with van der Waals surface area (Å²) in [5, 5.41) is 1.08. The van der Waals surface area contributed by atoms with Gasteiger partial charge in [0.2, 0.25) is 0 Å². The van der Waals surface area contributed by atoms with E-state index in [4.69, 9.17) is 0 Å². The van der Waals surface area contributed by atoms with E-state index in [0.29, 0.717) is 12.2 Å². The number of hydrogen-bond donors (Lipinski definition) is 0. The lowest BCUT2D eigenvalue weighted by Crippen LogP contribution is -2.11. The van der Waals surface area contributed by atoms with E-state index in [-0.39, 0.29) is 5.92 Å². The molecule has 1 heterocycles. The Labute approximate surface area is 83.0 Å². The summed E-state index contributed by atoms with van der Waals surface area (Å²) in [4.78, 5) is 16.7. The number of aromatic nitrogens is 1. The normalized spacial score (nSPS) is 12.8. The average molecular weight is 197 g/mol. The van der Waals surface area contributed by atoms with Gasteiger partial charge in [0.25, 0.3) is 0 Å². The van der Waals surface area contributed by atoms with Crippen LogP contribution in [0.15, 0.2) is 6.20 Å². The Morgan fingerprint density at radius 1 is 1.69 bits per heavy atom. The van der Waals surface area contributed by atoms with Crippen LogP contribution in [-0.4, -0.2) is 10.8 Å². The predicted molar refractivity (Wildman–Crippen MR) is 55.0 cm³/mol. The molecule has 72 valence electrons. The summed E-state index contributed by atoms with van der Waals surface area (Å²) < 4.78 is 0. The van der Waals surface area contributed by atoms with Crippen LogP contribution in [0.4, 0.5) is 0 Å². The van der Waals surface area contributed by atoms with Gasteiger partial charge in [-0.15, -0.1) is 11.3 Å². The number of nitrogens with zero attached hydrogens (tertiary/aromatic N) is 1. The van der Waals surface area contributed by atoms with E-state index in [1.54, 1.807) is 11.3 Å². The third-order valence-electron chi connectivity index (χ3n) is 2.07. The van der Waals surface area contributed by atoms with Gasteiger partial charge in [0.1, 0.15) is 5.78 Å². The smallest absolute Gasteiger partial charge is 0.135 e. The molecule has 13 heavy (non-hydrogen) atoms. The van der Waals surface area contributed by atoms with Gasteiger partial charge < -0.3 is 0 Å². The average Bonchev–Trinajstić information content (AvgIpc) is 2.49. The van der Waals surface area contributed by atoms with E-state index in [2.05, 4.69) is 4.98 Å². The van der Waals surface area contributed by atoms with Gasteiger partial charge in [0.05, 0.1) is 5.01 Å². The van der Waals surface area contributed by atoms with Crippen molar-refractivity contribution in [1.29, 1.82) is 0 Å². The highest BCUT2D eigenvalue weighted by Crippen LogP contribution is 2.17. The van der Waals surface area contributed by atoms with Gasteiger partial charge in [-0.3, -0.25) is 4.79 Å². The van der Waals surface area contributed by atoms with Gasteiger partial charge in [-0.1, -0.05) is 13.8 Å². The highest BCUT2D eigenvalue weighted by Gasteiger charge is 2.12. The Balaban J connectivity index is 2.54. The molecule has 1 aromatic rings. The first kappa shape index (κ1) is 10.4. The first-order valence-corrected chi connectivity index (χ1v) is 5.39. The summed E-state index contributed by atoms with van der Waals surface area (Å²) in [5.74, 6) is 0.482. The molecular weight excluding hydrogens is 182 g/mol. The molecule has 0 radical (unpaired) electrons. The number of rotatable bonds is 4. The first-order chi connectivity index (χ1) is 6.13. The number of carbonyl (C=O) groups excluding carboxylic acids is 1. The highest BCUT2D eigenvalue weighted by molar-refractivity contribution is 7.11. The number of thiazole rings is 1. The van der Waals surface area contributed by atoms with Crippen molar-refractivity contribution in [2.75, 3.05) is 0 Å². The molecule has 0 bridgehead atoms. The van der Waals surface area contributed by atoms with Crippen LogP contribution in [-0.2, 0) is 11.2 Å². The minimum Gasteiger partial charge on any atom is -0.299 e. The molecule has 0 aliphatic rings. The fourth-order valence-corrected chi connectivity index (χ4v) is 2.19. The Kier molecular flexibility index (Phi) is 3.60. The molecule has 3 heteroatoms. The van der Waals surface area contributed by atoms with Gasteiger partial charge in [-0.05, 0) is 13.3 Å². The standard InChI is InChI=1S/C10H15NOS/c1-4-10(12)7(2)5-9-6-11-8(3)13-9/h6-7H,4-5H2,1-3H3. The van der Waals surface area contributed by atoms with Crippen LogP contribution in [0.1, 0.15) is 30.2 Å². The van der Waals surface area contributed by atoms with Crippen molar-refractivity contribution in [3.63, 3.8) is 0 Å². The van der Waals surface area contributed by atoms with Crippen molar-refractivity contribution >= 4 is 17.1 Å². The third kappa shape index (κ3) is 2.92. The molecule has 0 saturated heterocycles. The van der Waals surface area contributed by atoms with E-state index in [1.807, 2.05) is 27.0 Å². The zero-order valence-electron chi connectivity index (χ0n) is 8.33. The second-order valence-electron chi connectivity index (χ2n) is 3.27. The summed E-state index contributed by atoms with van der Waals surface area (Å²) in [6, 6.07) is 0. The predicted octanol–water partition coefficient (Wildman–Crippen LogP) is 2.61. The lowest BCUT2D eigenvalue weighted by atomic mass is 10.0. The Hall–Kier alpha value is -0.700. The van der Waals surface area contributed by atoms with E-state index in [9.17, 15) is 4.79 Å². The molecule has 1 atom stereocenters. The number of hydrogen-bond acceptors (Lipinski definition) is 3. The summed E-state index contributed by atoms with van der Waals surface area (Å²) in [7, 11) is 0. The summed E-state index contributed by atoms with van der Waals surface area (Å²) in [6.45, 7) is 5.89. The fraction of sp³-hybridized carbons (Fsp3) is 0.600. The van der Waals surface area contributed by atoms with Crippen molar-refractivity contribution in [2.45, 2.75) is 33.6 Å². The van der Waals surface area contributed by atoms with Gasteiger partial charge in [0.15, 0.2) is 0 Å². The van der Waals surface area contributed by atoms with Gasteiger partial charge >= 0.3 is 0 Å². The monoisotopic (exact) mass is 197 g/mol. The Bertz CT molecular complexity index is 293. The maximum absolute atomic E-state index is 11.3. The topological polar surface area (TPSA) is 30.0 Å². The molecule has 0 aromatic carbocycles. The van der Waals surface area contributed by atoms with E-state index in [0.717, 1.165) is 11.4 Å². The van der Waals surface area contributed by atoms with Crippen molar-refractivity contribution in [3.8, 4) is 0 Å². The molecule has 0 saturated carbocycles. The molecular formula is C10H15NOS. The summed E-state index contributed by atoms with van der Waals surface area (Å²) in [5.41, 5.74) is 0. The number of carbonyl (C=O) groups is 1. The van der Waals surface area contributed by atoms with E-state index >= 15 is 0 Å². The number of ketones is 1. The van der Waals surface area contributed by atoms with Gasteiger partial charge in [0, 0.05) is 23.4 Å². The second kappa shape index (κ2) is 4.51. The minimum atomic E-state index is 0.143.